The Kier molecular flexibility index (Phi) is 7.96. The lowest BCUT2D eigenvalue weighted by molar-refractivity contribution is -0.147. The number of piperazine rings is 1. The quantitative estimate of drug-likeness (QED) is 0.500. The first kappa shape index (κ1) is 23.0. The van der Waals surface area contributed by atoms with Crippen LogP contribution in [0.25, 0.3) is 0 Å². The predicted molar refractivity (Wildman–Crippen MR) is 116 cm³/mol. The molecule has 2 aromatic carbocycles. The lowest BCUT2D eigenvalue weighted by Crippen LogP contribution is -2.57. The molecule has 1 heterocycles. The van der Waals surface area contributed by atoms with Gasteiger partial charge in [-0.05, 0) is 36.6 Å². The molecule has 0 aromatic heterocycles. The molecule has 0 saturated carbocycles. The molecule has 1 unspecified atom stereocenters. The molecule has 1 aliphatic heterocycles. The summed E-state index contributed by atoms with van der Waals surface area (Å²) in [6.07, 6.45) is 1.20. The van der Waals surface area contributed by atoms with Crippen LogP contribution in [-0.2, 0) is 25.5 Å². The van der Waals surface area contributed by atoms with E-state index in [4.69, 9.17) is 9.47 Å². The van der Waals surface area contributed by atoms with Crippen LogP contribution < -0.4 is 5.32 Å². The van der Waals surface area contributed by atoms with Gasteiger partial charge in [0.05, 0.1) is 25.7 Å². The van der Waals surface area contributed by atoms with Gasteiger partial charge in [-0.2, -0.15) is 0 Å². The monoisotopic (exact) mass is 438 g/mol. The number of rotatable bonds is 8. The fourth-order valence-electron chi connectivity index (χ4n) is 3.55. The van der Waals surface area contributed by atoms with Crippen molar-refractivity contribution >= 4 is 23.8 Å². The second kappa shape index (κ2) is 11.1. The zero-order chi connectivity index (χ0) is 22.9. The zero-order valence-corrected chi connectivity index (χ0v) is 17.9. The van der Waals surface area contributed by atoms with E-state index in [9.17, 15) is 19.2 Å². The highest BCUT2D eigenvalue weighted by molar-refractivity contribution is 6.01. The molecular weight excluding hydrogens is 412 g/mol. The molecule has 1 aliphatic rings. The van der Waals surface area contributed by atoms with Crippen molar-refractivity contribution in [3.8, 4) is 0 Å². The second-order valence-corrected chi connectivity index (χ2v) is 7.39. The number of esters is 2. The fraction of sp³-hybridized carbons (Fsp3) is 0.333. The van der Waals surface area contributed by atoms with Crippen molar-refractivity contribution < 1.29 is 28.7 Å². The fourth-order valence-corrected chi connectivity index (χ4v) is 3.55. The third kappa shape index (κ3) is 5.94. The molecule has 2 aromatic rings. The molecule has 168 valence electrons. The number of methoxy groups -OCH3 is 1. The number of carbonyl (C=O) groups excluding carboxylic acids is 4. The first-order valence-electron chi connectivity index (χ1n) is 10.5. The predicted octanol–water partition coefficient (Wildman–Crippen LogP) is 1.98. The van der Waals surface area contributed by atoms with Crippen LogP contribution in [-0.4, -0.2) is 61.5 Å². The Morgan fingerprint density at radius 1 is 1.06 bits per heavy atom. The number of aryl methyl sites for hydroxylation is 1. The average Bonchev–Trinajstić information content (AvgIpc) is 2.83. The normalized spacial score (nSPS) is 15.6. The van der Waals surface area contributed by atoms with Crippen molar-refractivity contribution in [1.82, 2.24) is 10.2 Å². The molecule has 32 heavy (non-hydrogen) atoms. The van der Waals surface area contributed by atoms with E-state index in [1.807, 2.05) is 30.3 Å². The highest BCUT2D eigenvalue weighted by atomic mass is 16.5. The number of ether oxygens (including phenoxy) is 2. The molecule has 0 spiro atoms. The molecule has 0 radical (unpaired) electrons. The second-order valence-electron chi connectivity index (χ2n) is 7.39. The van der Waals surface area contributed by atoms with E-state index < -0.39 is 29.8 Å². The molecule has 1 N–H and O–H groups in total. The summed E-state index contributed by atoms with van der Waals surface area (Å²) in [6, 6.07) is 15.0. The topological polar surface area (TPSA) is 102 Å². The number of amides is 2. The lowest BCUT2D eigenvalue weighted by Gasteiger charge is -2.34. The summed E-state index contributed by atoms with van der Waals surface area (Å²) in [4.78, 5) is 51.0. The third-order valence-electron chi connectivity index (χ3n) is 5.20. The van der Waals surface area contributed by atoms with Gasteiger partial charge in [0, 0.05) is 18.7 Å². The number of nitrogens with one attached hydrogen (secondary N) is 1. The maximum Gasteiger partial charge on any atom is 0.337 e. The molecule has 0 aliphatic carbocycles. The zero-order valence-electron chi connectivity index (χ0n) is 17.9. The molecule has 1 saturated heterocycles. The Balaban J connectivity index is 1.60. The van der Waals surface area contributed by atoms with Crippen LogP contribution in [0.5, 0.6) is 0 Å². The molecular formula is C24H26N2O6. The average molecular weight is 438 g/mol. The molecule has 8 nitrogen and oxygen atoms in total. The van der Waals surface area contributed by atoms with Crippen LogP contribution in [0.3, 0.4) is 0 Å². The summed E-state index contributed by atoms with van der Waals surface area (Å²) < 4.78 is 9.99. The van der Waals surface area contributed by atoms with Gasteiger partial charge in [-0.1, -0.05) is 36.4 Å². The molecule has 8 heteroatoms. The Morgan fingerprint density at radius 2 is 1.81 bits per heavy atom. The highest BCUT2D eigenvalue weighted by Crippen LogP contribution is 2.16. The van der Waals surface area contributed by atoms with E-state index >= 15 is 0 Å². The van der Waals surface area contributed by atoms with Gasteiger partial charge >= 0.3 is 11.9 Å². The minimum Gasteiger partial charge on any atom is -0.466 e. The minimum atomic E-state index is -0.973. The largest absolute Gasteiger partial charge is 0.466 e. The molecule has 1 atom stereocenters. The highest BCUT2D eigenvalue weighted by Gasteiger charge is 2.35. The van der Waals surface area contributed by atoms with Crippen molar-refractivity contribution in [2.75, 3.05) is 26.8 Å². The third-order valence-corrected chi connectivity index (χ3v) is 5.20. The molecule has 2 amide bonds. The van der Waals surface area contributed by atoms with Crippen LogP contribution in [0.1, 0.15) is 39.1 Å². The first-order valence-corrected chi connectivity index (χ1v) is 10.5. The van der Waals surface area contributed by atoms with Gasteiger partial charge in [-0.25, -0.2) is 4.79 Å². The summed E-state index contributed by atoms with van der Waals surface area (Å²) >= 11 is 0. The van der Waals surface area contributed by atoms with Gasteiger partial charge < -0.3 is 19.7 Å². The van der Waals surface area contributed by atoms with Gasteiger partial charge in [-0.3, -0.25) is 14.4 Å². The Hall–Kier alpha value is -3.68. The van der Waals surface area contributed by atoms with Crippen molar-refractivity contribution in [1.29, 1.82) is 0 Å². The van der Waals surface area contributed by atoms with E-state index in [-0.39, 0.29) is 37.2 Å². The number of hydrogen-bond acceptors (Lipinski definition) is 6. The summed E-state index contributed by atoms with van der Waals surface area (Å²) in [5.74, 6) is -1.95. The molecule has 0 bridgehead atoms. The number of hydrogen-bond donors (Lipinski definition) is 1. The molecule has 3 rings (SSSR count). The van der Waals surface area contributed by atoms with E-state index in [0.717, 1.165) is 12.0 Å². The van der Waals surface area contributed by atoms with Crippen molar-refractivity contribution in [3.05, 3.63) is 71.3 Å². The van der Waals surface area contributed by atoms with Crippen molar-refractivity contribution in [2.24, 2.45) is 0 Å². The van der Waals surface area contributed by atoms with Crippen LogP contribution in [0, 0.1) is 0 Å². The van der Waals surface area contributed by atoms with Gasteiger partial charge in [-0.15, -0.1) is 0 Å². The lowest BCUT2D eigenvalue weighted by atomic mass is 10.0. The maximum atomic E-state index is 13.1. The number of benzene rings is 2. The summed E-state index contributed by atoms with van der Waals surface area (Å²) in [6.45, 7) is 0.764. The molecule has 1 fully saturated rings. The summed E-state index contributed by atoms with van der Waals surface area (Å²) in [7, 11) is 1.26. The van der Waals surface area contributed by atoms with E-state index in [1.165, 1.54) is 24.1 Å². The van der Waals surface area contributed by atoms with E-state index in [0.29, 0.717) is 6.42 Å². The minimum absolute atomic E-state index is 0.231. The standard InChI is InChI=1S/C24H26N2O6/c1-31-24(30)19-11-5-10-18(15-19)23(29)26-13-12-25-22(28)20(26)16-21(27)32-14-6-9-17-7-3-2-4-8-17/h2-5,7-8,10-11,15,20H,6,9,12-14,16H2,1H3,(H,25,28). The summed E-state index contributed by atoms with van der Waals surface area (Å²) in [5.41, 5.74) is 1.62. The maximum absolute atomic E-state index is 13.1. The van der Waals surface area contributed by atoms with Crippen molar-refractivity contribution in [3.63, 3.8) is 0 Å². The smallest absolute Gasteiger partial charge is 0.337 e. The van der Waals surface area contributed by atoms with Gasteiger partial charge in [0.2, 0.25) is 5.91 Å². The van der Waals surface area contributed by atoms with Crippen LogP contribution in [0.4, 0.5) is 0 Å². The van der Waals surface area contributed by atoms with Crippen LogP contribution in [0.15, 0.2) is 54.6 Å². The van der Waals surface area contributed by atoms with Gasteiger partial charge in [0.1, 0.15) is 6.04 Å². The Labute approximate surface area is 186 Å². The Morgan fingerprint density at radius 3 is 2.56 bits per heavy atom. The SMILES string of the molecule is COC(=O)c1cccc(C(=O)N2CCNC(=O)C2CC(=O)OCCCc2ccccc2)c1. The van der Waals surface area contributed by atoms with Gasteiger partial charge in [0.15, 0.2) is 0 Å². The van der Waals surface area contributed by atoms with E-state index in [2.05, 4.69) is 5.32 Å². The number of nitrogens with zero attached hydrogens (tertiary/aromatic N) is 1. The van der Waals surface area contributed by atoms with Crippen LogP contribution in [0.2, 0.25) is 0 Å². The Bertz CT molecular complexity index is 975. The van der Waals surface area contributed by atoms with Gasteiger partial charge in [0.25, 0.3) is 5.91 Å². The summed E-state index contributed by atoms with van der Waals surface area (Å²) in [5, 5.41) is 2.69. The van der Waals surface area contributed by atoms with Crippen LogP contribution >= 0.6 is 0 Å². The number of carbonyl (C=O) groups is 4. The first-order chi connectivity index (χ1) is 15.5. The van der Waals surface area contributed by atoms with Crippen molar-refractivity contribution in [2.45, 2.75) is 25.3 Å². The van der Waals surface area contributed by atoms with E-state index in [1.54, 1.807) is 12.1 Å².